The van der Waals surface area contributed by atoms with Crippen LogP contribution in [-0.2, 0) is 6.42 Å². The smallest absolute Gasteiger partial charge is 0.191 e. The van der Waals surface area contributed by atoms with Gasteiger partial charge in [-0.3, -0.25) is 4.98 Å². The first-order chi connectivity index (χ1) is 12.2. The van der Waals surface area contributed by atoms with Crippen LogP contribution >= 0.6 is 24.0 Å². The van der Waals surface area contributed by atoms with Crippen molar-refractivity contribution in [3.63, 3.8) is 0 Å². The second-order valence-electron chi connectivity index (χ2n) is 5.58. The Kier molecular flexibility index (Phi) is 10.6. The SMILES string of the molecule is CCNC(=NCC(C)Oc1ccccc1F)NCCc1ccccn1.I. The quantitative estimate of drug-likeness (QED) is 0.352. The van der Waals surface area contributed by atoms with Gasteiger partial charge in [0.25, 0.3) is 0 Å². The van der Waals surface area contributed by atoms with Crippen molar-refractivity contribution in [1.29, 1.82) is 0 Å². The van der Waals surface area contributed by atoms with Crippen LogP contribution in [0, 0.1) is 5.82 Å². The van der Waals surface area contributed by atoms with Crippen LogP contribution in [0.15, 0.2) is 53.7 Å². The summed E-state index contributed by atoms with van der Waals surface area (Å²) in [6, 6.07) is 12.3. The predicted octanol–water partition coefficient (Wildman–Crippen LogP) is 3.40. The number of ether oxygens (including phenoxy) is 1. The van der Waals surface area contributed by atoms with E-state index >= 15 is 0 Å². The van der Waals surface area contributed by atoms with E-state index in [1.807, 2.05) is 32.0 Å². The van der Waals surface area contributed by atoms with E-state index in [2.05, 4.69) is 20.6 Å². The van der Waals surface area contributed by atoms with E-state index in [0.717, 1.165) is 25.2 Å². The molecule has 0 bridgehead atoms. The summed E-state index contributed by atoms with van der Waals surface area (Å²) in [4.78, 5) is 8.79. The second-order valence-corrected chi connectivity index (χ2v) is 5.58. The summed E-state index contributed by atoms with van der Waals surface area (Å²) in [5.41, 5.74) is 1.03. The normalized spacial score (nSPS) is 12.0. The largest absolute Gasteiger partial charge is 0.486 e. The molecule has 0 aliphatic carbocycles. The average molecular weight is 472 g/mol. The molecule has 0 saturated heterocycles. The Labute approximate surface area is 171 Å². The maximum atomic E-state index is 13.6. The third kappa shape index (κ3) is 7.99. The summed E-state index contributed by atoms with van der Waals surface area (Å²) in [5.74, 6) is 0.597. The van der Waals surface area contributed by atoms with Crippen molar-refractivity contribution in [3.05, 3.63) is 60.2 Å². The third-order valence-electron chi connectivity index (χ3n) is 3.42. The second kappa shape index (κ2) is 12.5. The molecule has 26 heavy (non-hydrogen) atoms. The molecule has 1 unspecified atom stereocenters. The molecule has 0 saturated carbocycles. The molecular weight excluding hydrogens is 446 g/mol. The van der Waals surface area contributed by atoms with Crippen molar-refractivity contribution in [2.75, 3.05) is 19.6 Å². The van der Waals surface area contributed by atoms with Gasteiger partial charge in [-0.05, 0) is 38.1 Å². The minimum absolute atomic E-state index is 0. The Hall–Kier alpha value is -1.90. The van der Waals surface area contributed by atoms with E-state index in [9.17, 15) is 4.39 Å². The van der Waals surface area contributed by atoms with Crippen LogP contribution in [0.2, 0.25) is 0 Å². The lowest BCUT2D eigenvalue weighted by Crippen LogP contribution is -2.39. The molecule has 1 aromatic heterocycles. The fourth-order valence-electron chi connectivity index (χ4n) is 2.21. The molecule has 0 amide bonds. The number of rotatable bonds is 8. The number of guanidine groups is 1. The number of hydrogen-bond donors (Lipinski definition) is 2. The van der Waals surface area contributed by atoms with Gasteiger partial charge in [0, 0.05) is 31.4 Å². The molecule has 0 radical (unpaired) electrons. The fourth-order valence-corrected chi connectivity index (χ4v) is 2.21. The molecule has 1 aromatic carbocycles. The van der Waals surface area contributed by atoms with Gasteiger partial charge in [0.15, 0.2) is 17.5 Å². The number of aromatic nitrogens is 1. The number of hydrogen-bond acceptors (Lipinski definition) is 3. The topological polar surface area (TPSA) is 58.5 Å². The van der Waals surface area contributed by atoms with Gasteiger partial charge >= 0.3 is 0 Å². The third-order valence-corrected chi connectivity index (χ3v) is 3.42. The molecule has 142 valence electrons. The lowest BCUT2D eigenvalue weighted by Gasteiger charge is -2.15. The predicted molar refractivity (Wildman–Crippen MR) is 114 cm³/mol. The highest BCUT2D eigenvalue weighted by atomic mass is 127. The summed E-state index contributed by atoms with van der Waals surface area (Å²) in [7, 11) is 0. The molecule has 2 N–H and O–H groups in total. The van der Waals surface area contributed by atoms with Gasteiger partial charge in [-0.25, -0.2) is 9.38 Å². The maximum Gasteiger partial charge on any atom is 0.191 e. The van der Waals surface area contributed by atoms with Crippen LogP contribution in [0.25, 0.3) is 0 Å². The molecular formula is C19H26FIN4O. The average Bonchev–Trinajstić information content (AvgIpc) is 2.62. The minimum atomic E-state index is -0.362. The Morgan fingerprint density at radius 2 is 1.96 bits per heavy atom. The highest BCUT2D eigenvalue weighted by Crippen LogP contribution is 2.16. The van der Waals surface area contributed by atoms with Crippen LogP contribution in [0.5, 0.6) is 5.75 Å². The van der Waals surface area contributed by atoms with Gasteiger partial charge in [-0.2, -0.15) is 0 Å². The van der Waals surface area contributed by atoms with Gasteiger partial charge in [0.05, 0.1) is 6.54 Å². The summed E-state index contributed by atoms with van der Waals surface area (Å²) < 4.78 is 19.2. The monoisotopic (exact) mass is 472 g/mol. The molecule has 0 aliphatic heterocycles. The van der Waals surface area contributed by atoms with Crippen LogP contribution < -0.4 is 15.4 Å². The van der Waals surface area contributed by atoms with Gasteiger partial charge in [-0.1, -0.05) is 18.2 Å². The zero-order valence-electron chi connectivity index (χ0n) is 15.1. The number of halogens is 2. The van der Waals surface area contributed by atoms with E-state index in [0.29, 0.717) is 12.5 Å². The minimum Gasteiger partial charge on any atom is -0.486 e. The first-order valence-electron chi connectivity index (χ1n) is 8.52. The van der Waals surface area contributed by atoms with Gasteiger partial charge in [-0.15, -0.1) is 24.0 Å². The van der Waals surface area contributed by atoms with Gasteiger partial charge in [0.1, 0.15) is 6.10 Å². The molecule has 1 atom stereocenters. The molecule has 0 fully saturated rings. The van der Waals surface area contributed by atoms with Crippen molar-refractivity contribution < 1.29 is 9.13 Å². The van der Waals surface area contributed by atoms with Crippen LogP contribution in [-0.4, -0.2) is 36.7 Å². The Balaban J connectivity index is 0.00000338. The highest BCUT2D eigenvalue weighted by molar-refractivity contribution is 14.0. The number of para-hydroxylation sites is 1. The van der Waals surface area contributed by atoms with Crippen molar-refractivity contribution >= 4 is 29.9 Å². The van der Waals surface area contributed by atoms with Crippen molar-refractivity contribution in [1.82, 2.24) is 15.6 Å². The zero-order valence-corrected chi connectivity index (χ0v) is 17.4. The Morgan fingerprint density at radius 1 is 1.19 bits per heavy atom. The zero-order chi connectivity index (χ0) is 17.9. The van der Waals surface area contributed by atoms with Crippen molar-refractivity contribution in [3.8, 4) is 5.75 Å². The van der Waals surface area contributed by atoms with Crippen LogP contribution in [0.3, 0.4) is 0 Å². The van der Waals surface area contributed by atoms with E-state index < -0.39 is 0 Å². The summed E-state index contributed by atoms with van der Waals surface area (Å²) in [5, 5.41) is 6.46. The van der Waals surface area contributed by atoms with E-state index in [1.54, 1.807) is 24.4 Å². The molecule has 2 rings (SSSR count). The highest BCUT2D eigenvalue weighted by Gasteiger charge is 2.08. The number of nitrogens with zero attached hydrogens (tertiary/aromatic N) is 2. The number of nitrogens with one attached hydrogen (secondary N) is 2. The van der Waals surface area contributed by atoms with E-state index in [1.165, 1.54) is 6.07 Å². The lowest BCUT2D eigenvalue weighted by molar-refractivity contribution is 0.220. The Morgan fingerprint density at radius 3 is 2.65 bits per heavy atom. The fraction of sp³-hybridized carbons (Fsp3) is 0.368. The Bertz CT molecular complexity index is 670. The van der Waals surface area contributed by atoms with Crippen molar-refractivity contribution in [2.45, 2.75) is 26.4 Å². The van der Waals surface area contributed by atoms with Gasteiger partial charge < -0.3 is 15.4 Å². The number of benzene rings is 1. The molecule has 0 spiro atoms. The molecule has 1 heterocycles. The van der Waals surface area contributed by atoms with Crippen LogP contribution in [0.4, 0.5) is 4.39 Å². The standard InChI is InChI=1S/C19H25FN4O.HI/c1-3-21-19(23-13-11-16-8-6-7-12-22-16)24-14-15(2)25-18-10-5-4-9-17(18)20;/h4-10,12,15H,3,11,13-14H2,1-2H3,(H2,21,23,24);1H. The van der Waals surface area contributed by atoms with E-state index in [4.69, 9.17) is 4.74 Å². The summed E-state index contributed by atoms with van der Waals surface area (Å²) in [6.07, 6.45) is 2.37. The summed E-state index contributed by atoms with van der Waals surface area (Å²) in [6.45, 7) is 5.79. The maximum absolute atomic E-state index is 13.6. The van der Waals surface area contributed by atoms with Crippen LogP contribution in [0.1, 0.15) is 19.5 Å². The number of aliphatic imine (C=N–C) groups is 1. The molecule has 2 aromatic rings. The number of pyridine rings is 1. The molecule has 7 heteroatoms. The van der Waals surface area contributed by atoms with E-state index in [-0.39, 0.29) is 41.6 Å². The van der Waals surface area contributed by atoms with Gasteiger partial charge in [0.2, 0.25) is 0 Å². The van der Waals surface area contributed by atoms with Crippen molar-refractivity contribution in [2.24, 2.45) is 4.99 Å². The lowest BCUT2D eigenvalue weighted by atomic mass is 10.3. The summed E-state index contributed by atoms with van der Waals surface area (Å²) >= 11 is 0. The molecule has 0 aliphatic rings. The first kappa shape index (κ1) is 22.1. The first-order valence-corrected chi connectivity index (χ1v) is 8.52. The molecule has 5 nitrogen and oxygen atoms in total.